The number of primary amides is 1. The molecule has 0 bridgehead atoms. The van der Waals surface area contributed by atoms with E-state index >= 15 is 0 Å². The number of urea groups is 1. The molecule has 7 heteroatoms. The smallest absolute Gasteiger partial charge is 0.312 e. The molecule has 0 heterocycles. The molecule has 3 amide bonds. The van der Waals surface area contributed by atoms with Gasteiger partial charge >= 0.3 is 6.03 Å². The minimum absolute atomic E-state index is 0.0504. The highest BCUT2D eigenvalue weighted by Gasteiger charge is 2.24. The Morgan fingerprint density at radius 2 is 1.90 bits per heavy atom. The summed E-state index contributed by atoms with van der Waals surface area (Å²) in [5.74, 6) is -0.604. The highest BCUT2D eigenvalue weighted by molar-refractivity contribution is 5.86. The zero-order valence-electron chi connectivity index (χ0n) is 11.1. The van der Waals surface area contributed by atoms with Crippen molar-refractivity contribution >= 4 is 11.9 Å². The molecule has 0 unspecified atom stereocenters. The van der Waals surface area contributed by atoms with Crippen molar-refractivity contribution in [3.05, 3.63) is 35.9 Å². The molecule has 0 aliphatic carbocycles. The fraction of sp³-hybridized carbons (Fsp3) is 0.385. The summed E-state index contributed by atoms with van der Waals surface area (Å²) in [6.07, 6.45) is -2.65. The molecular weight excluding hydrogens is 268 g/mol. The van der Waals surface area contributed by atoms with Gasteiger partial charge in [0.05, 0.1) is 6.54 Å². The number of alkyl halides is 2. The standard InChI is InChI=1S/C13H17F2N3O2/c1-9(17-13(16)20)12(19)18(8-11(14)15)7-10-5-3-2-4-6-10/h2-6,9,11H,7-8H2,1H3,(H3,16,17,20)/t9-/m1/s1. The number of benzene rings is 1. The maximum absolute atomic E-state index is 12.6. The van der Waals surface area contributed by atoms with Gasteiger partial charge in [-0.1, -0.05) is 30.3 Å². The molecule has 0 fully saturated rings. The number of nitrogens with zero attached hydrogens (tertiary/aromatic N) is 1. The van der Waals surface area contributed by atoms with Gasteiger partial charge in [0.1, 0.15) is 6.04 Å². The number of carbonyl (C=O) groups excluding carboxylic acids is 2. The summed E-state index contributed by atoms with van der Waals surface area (Å²) in [4.78, 5) is 23.8. The second-order valence-corrected chi connectivity index (χ2v) is 4.33. The van der Waals surface area contributed by atoms with Crippen LogP contribution >= 0.6 is 0 Å². The summed E-state index contributed by atoms with van der Waals surface area (Å²) < 4.78 is 25.1. The first-order valence-electron chi connectivity index (χ1n) is 6.07. The van der Waals surface area contributed by atoms with Crippen LogP contribution in [0, 0.1) is 0 Å². The van der Waals surface area contributed by atoms with Gasteiger partial charge in [-0.3, -0.25) is 4.79 Å². The van der Waals surface area contributed by atoms with Crippen molar-refractivity contribution < 1.29 is 18.4 Å². The summed E-state index contributed by atoms with van der Waals surface area (Å²) in [7, 11) is 0. The van der Waals surface area contributed by atoms with Gasteiger partial charge in [0.25, 0.3) is 6.43 Å². The van der Waals surface area contributed by atoms with E-state index in [0.717, 1.165) is 10.5 Å². The lowest BCUT2D eigenvalue weighted by atomic mass is 10.2. The molecule has 0 saturated carbocycles. The first-order chi connectivity index (χ1) is 9.40. The molecular formula is C13H17F2N3O2. The number of halogens is 2. The molecule has 1 rings (SSSR count). The summed E-state index contributed by atoms with van der Waals surface area (Å²) >= 11 is 0. The Morgan fingerprint density at radius 1 is 1.30 bits per heavy atom. The van der Waals surface area contributed by atoms with Crippen molar-refractivity contribution in [1.82, 2.24) is 10.2 Å². The van der Waals surface area contributed by atoms with Crippen LogP contribution in [0.1, 0.15) is 12.5 Å². The Labute approximate surface area is 115 Å². The third-order valence-electron chi connectivity index (χ3n) is 2.62. The van der Waals surface area contributed by atoms with E-state index in [9.17, 15) is 18.4 Å². The lowest BCUT2D eigenvalue weighted by Crippen LogP contribution is -2.49. The molecule has 0 aliphatic heterocycles. The average Bonchev–Trinajstić information content (AvgIpc) is 2.37. The highest BCUT2D eigenvalue weighted by Crippen LogP contribution is 2.09. The van der Waals surface area contributed by atoms with E-state index in [2.05, 4.69) is 5.32 Å². The first-order valence-corrected chi connectivity index (χ1v) is 6.07. The van der Waals surface area contributed by atoms with Crippen LogP contribution in [0.4, 0.5) is 13.6 Å². The normalized spacial score (nSPS) is 12.0. The lowest BCUT2D eigenvalue weighted by molar-refractivity contribution is -0.135. The second kappa shape index (κ2) is 7.42. The van der Waals surface area contributed by atoms with E-state index in [1.165, 1.54) is 6.92 Å². The number of amides is 3. The number of carbonyl (C=O) groups is 2. The van der Waals surface area contributed by atoms with Gasteiger partial charge < -0.3 is 16.0 Å². The zero-order chi connectivity index (χ0) is 15.1. The van der Waals surface area contributed by atoms with Crippen molar-refractivity contribution in [3.63, 3.8) is 0 Å². The molecule has 1 atom stereocenters. The minimum Gasteiger partial charge on any atom is -0.352 e. The van der Waals surface area contributed by atoms with Crippen molar-refractivity contribution in [3.8, 4) is 0 Å². The van der Waals surface area contributed by atoms with Gasteiger partial charge in [0.2, 0.25) is 5.91 Å². The van der Waals surface area contributed by atoms with Gasteiger partial charge in [0.15, 0.2) is 0 Å². The lowest BCUT2D eigenvalue weighted by Gasteiger charge is -2.25. The Balaban J connectivity index is 2.78. The first kappa shape index (κ1) is 15.9. The summed E-state index contributed by atoms with van der Waals surface area (Å²) in [5, 5.41) is 2.18. The van der Waals surface area contributed by atoms with E-state index in [4.69, 9.17) is 5.73 Å². The largest absolute Gasteiger partial charge is 0.352 e. The van der Waals surface area contributed by atoms with Crippen molar-refractivity contribution in [2.75, 3.05) is 6.54 Å². The molecule has 1 aromatic carbocycles. The summed E-state index contributed by atoms with van der Waals surface area (Å²) in [6, 6.07) is 6.95. The quantitative estimate of drug-likeness (QED) is 0.827. The molecule has 3 N–H and O–H groups in total. The maximum atomic E-state index is 12.6. The maximum Gasteiger partial charge on any atom is 0.312 e. The van der Waals surface area contributed by atoms with Gasteiger partial charge in [-0.2, -0.15) is 0 Å². The summed E-state index contributed by atoms with van der Waals surface area (Å²) in [5.41, 5.74) is 5.65. The highest BCUT2D eigenvalue weighted by atomic mass is 19.3. The fourth-order valence-electron chi connectivity index (χ4n) is 1.75. The minimum atomic E-state index is -2.65. The molecule has 0 aliphatic rings. The van der Waals surface area contributed by atoms with Crippen LogP contribution < -0.4 is 11.1 Å². The topological polar surface area (TPSA) is 75.4 Å². The Morgan fingerprint density at radius 3 is 2.40 bits per heavy atom. The zero-order valence-corrected chi connectivity index (χ0v) is 11.1. The van der Waals surface area contributed by atoms with E-state index in [0.29, 0.717) is 0 Å². The molecule has 0 aromatic heterocycles. The van der Waals surface area contributed by atoms with Crippen LogP contribution in [-0.4, -0.2) is 35.9 Å². The number of nitrogens with two attached hydrogens (primary N) is 1. The SMILES string of the molecule is C[C@@H](NC(N)=O)C(=O)N(Cc1ccccc1)CC(F)F. The van der Waals surface area contributed by atoms with E-state index < -0.39 is 31.0 Å². The number of rotatable bonds is 6. The third-order valence-corrected chi connectivity index (χ3v) is 2.62. The Bertz CT molecular complexity index is 454. The van der Waals surface area contributed by atoms with Crippen LogP contribution in [-0.2, 0) is 11.3 Å². The Hall–Kier alpha value is -2.18. The number of hydrogen-bond acceptors (Lipinski definition) is 2. The Kier molecular flexibility index (Phi) is 5.89. The molecule has 0 saturated heterocycles. The number of nitrogens with one attached hydrogen (secondary N) is 1. The molecule has 0 radical (unpaired) electrons. The molecule has 20 heavy (non-hydrogen) atoms. The van der Waals surface area contributed by atoms with Crippen LogP contribution in [0.15, 0.2) is 30.3 Å². The van der Waals surface area contributed by atoms with Crippen LogP contribution in [0.3, 0.4) is 0 Å². The van der Waals surface area contributed by atoms with E-state index in [-0.39, 0.29) is 6.54 Å². The molecule has 5 nitrogen and oxygen atoms in total. The van der Waals surface area contributed by atoms with Crippen molar-refractivity contribution in [1.29, 1.82) is 0 Å². The molecule has 0 spiro atoms. The average molecular weight is 285 g/mol. The number of hydrogen-bond donors (Lipinski definition) is 2. The van der Waals surface area contributed by atoms with E-state index in [1.54, 1.807) is 30.3 Å². The van der Waals surface area contributed by atoms with Crippen LogP contribution in [0.25, 0.3) is 0 Å². The third kappa shape index (κ3) is 5.21. The van der Waals surface area contributed by atoms with Crippen LogP contribution in [0.2, 0.25) is 0 Å². The van der Waals surface area contributed by atoms with Crippen molar-refractivity contribution in [2.45, 2.75) is 25.9 Å². The van der Waals surface area contributed by atoms with Gasteiger partial charge in [-0.05, 0) is 12.5 Å². The van der Waals surface area contributed by atoms with Gasteiger partial charge in [-0.15, -0.1) is 0 Å². The van der Waals surface area contributed by atoms with Gasteiger partial charge in [-0.25, -0.2) is 13.6 Å². The molecule has 110 valence electrons. The predicted octanol–water partition coefficient (Wildman–Crippen LogP) is 1.34. The van der Waals surface area contributed by atoms with Crippen LogP contribution in [0.5, 0.6) is 0 Å². The molecule has 1 aromatic rings. The predicted molar refractivity (Wildman–Crippen MR) is 70.0 cm³/mol. The van der Waals surface area contributed by atoms with Crippen molar-refractivity contribution in [2.24, 2.45) is 5.73 Å². The van der Waals surface area contributed by atoms with E-state index in [1.807, 2.05) is 0 Å². The fourth-order valence-corrected chi connectivity index (χ4v) is 1.75. The second-order valence-electron chi connectivity index (χ2n) is 4.33. The van der Waals surface area contributed by atoms with Gasteiger partial charge in [0, 0.05) is 6.54 Å². The monoisotopic (exact) mass is 285 g/mol. The summed E-state index contributed by atoms with van der Waals surface area (Å²) in [6.45, 7) is 0.754.